The van der Waals surface area contributed by atoms with Crippen LogP contribution in [-0.4, -0.2) is 48.1 Å². The summed E-state index contributed by atoms with van der Waals surface area (Å²) >= 11 is 0. The van der Waals surface area contributed by atoms with Crippen molar-refractivity contribution in [2.24, 2.45) is 11.0 Å². The molecule has 0 saturated heterocycles. The molecule has 1 aliphatic carbocycles. The second kappa shape index (κ2) is 9.33. The molecule has 0 bridgehead atoms. The Morgan fingerprint density at radius 3 is 2.39 bits per heavy atom. The van der Waals surface area contributed by atoms with Crippen molar-refractivity contribution in [2.45, 2.75) is 38.1 Å². The summed E-state index contributed by atoms with van der Waals surface area (Å²) in [5, 5.41) is 6.27. The molecule has 0 radical (unpaired) electrons. The van der Waals surface area contributed by atoms with Gasteiger partial charge in [-0.3, -0.25) is 9.59 Å². The van der Waals surface area contributed by atoms with Crippen LogP contribution in [-0.2, 0) is 9.59 Å². The van der Waals surface area contributed by atoms with E-state index in [2.05, 4.69) is 0 Å². The lowest BCUT2D eigenvalue weighted by molar-refractivity contribution is -0.142. The number of hydrazone groups is 1. The number of carbonyl (C=O) groups is 2. The predicted molar refractivity (Wildman–Crippen MR) is 120 cm³/mol. The molecule has 1 saturated carbocycles. The zero-order valence-corrected chi connectivity index (χ0v) is 18.2. The molecule has 0 spiro atoms. The van der Waals surface area contributed by atoms with Crippen LogP contribution < -0.4 is 4.74 Å². The average molecular weight is 420 g/mol. The van der Waals surface area contributed by atoms with E-state index >= 15 is 0 Å². The third-order valence-corrected chi connectivity index (χ3v) is 6.23. The monoisotopic (exact) mass is 419 g/mol. The first-order chi connectivity index (χ1) is 15.1. The van der Waals surface area contributed by atoms with E-state index in [-0.39, 0.29) is 30.3 Å². The van der Waals surface area contributed by atoms with E-state index in [0.29, 0.717) is 6.42 Å². The maximum Gasteiger partial charge on any atom is 0.262 e. The molecule has 0 N–H and O–H groups in total. The topological polar surface area (TPSA) is 62.2 Å². The smallest absolute Gasteiger partial charge is 0.262 e. The second-order valence-electron chi connectivity index (χ2n) is 8.32. The number of methoxy groups -OCH3 is 1. The maximum atomic E-state index is 13.2. The molecule has 1 fully saturated rings. The van der Waals surface area contributed by atoms with E-state index < -0.39 is 0 Å². The molecule has 0 unspecified atom stereocenters. The fraction of sp³-hybridized carbons (Fsp3) is 0.400. The molecule has 1 aliphatic heterocycles. The number of hydrogen-bond donors (Lipinski definition) is 0. The molecular formula is C25H29N3O3. The van der Waals surface area contributed by atoms with Gasteiger partial charge in [0.1, 0.15) is 12.3 Å². The van der Waals surface area contributed by atoms with Crippen molar-refractivity contribution < 1.29 is 14.3 Å². The Labute approximate surface area is 183 Å². The molecule has 0 aromatic heterocycles. The predicted octanol–water partition coefficient (Wildman–Crippen LogP) is 4.02. The van der Waals surface area contributed by atoms with Gasteiger partial charge in [-0.2, -0.15) is 5.10 Å². The lowest BCUT2D eigenvalue weighted by Gasteiger charge is -2.26. The summed E-state index contributed by atoms with van der Waals surface area (Å²) in [4.78, 5) is 27.5. The Morgan fingerprint density at radius 2 is 1.74 bits per heavy atom. The number of rotatable bonds is 6. The lowest BCUT2D eigenvalue weighted by atomic mass is 9.98. The summed E-state index contributed by atoms with van der Waals surface area (Å²) in [6, 6.07) is 17.5. The van der Waals surface area contributed by atoms with Crippen molar-refractivity contribution >= 4 is 17.5 Å². The van der Waals surface area contributed by atoms with Gasteiger partial charge in [0.15, 0.2) is 0 Å². The first-order valence-electron chi connectivity index (χ1n) is 10.9. The summed E-state index contributed by atoms with van der Waals surface area (Å²) in [6.07, 6.45) is 4.66. The average Bonchev–Trinajstić information content (AvgIpc) is 3.50. The first kappa shape index (κ1) is 21.1. The fourth-order valence-corrected chi connectivity index (χ4v) is 4.47. The van der Waals surface area contributed by atoms with Gasteiger partial charge in [0.05, 0.1) is 18.9 Å². The molecule has 162 valence electrons. The SMILES string of the molecule is COc1ccc(C2=NN(C(=O)CN(C)C(=O)C3CCCC3)[C@H](c3ccccc3)C2)cc1. The minimum absolute atomic E-state index is 0.0397. The Kier molecular flexibility index (Phi) is 6.35. The number of ether oxygens (including phenoxy) is 1. The molecule has 2 aromatic rings. The molecule has 1 atom stereocenters. The molecule has 2 amide bonds. The molecule has 31 heavy (non-hydrogen) atoms. The molecule has 2 aliphatic rings. The highest BCUT2D eigenvalue weighted by atomic mass is 16.5. The zero-order valence-electron chi connectivity index (χ0n) is 18.2. The zero-order chi connectivity index (χ0) is 21.8. The summed E-state index contributed by atoms with van der Waals surface area (Å²) in [6.45, 7) is 0.0397. The highest BCUT2D eigenvalue weighted by molar-refractivity contribution is 6.03. The van der Waals surface area contributed by atoms with Gasteiger partial charge in [-0.15, -0.1) is 0 Å². The standard InChI is InChI=1S/C25H29N3O3/c1-27(25(30)20-10-6-7-11-20)17-24(29)28-23(19-8-4-3-5-9-19)16-22(26-28)18-12-14-21(31-2)15-13-18/h3-5,8-9,12-15,20,23H,6-7,10-11,16-17H2,1-2H3/t23-/m0/s1. The molecule has 6 nitrogen and oxygen atoms in total. The van der Waals surface area contributed by atoms with E-state index in [1.54, 1.807) is 24.1 Å². The van der Waals surface area contributed by atoms with Gasteiger partial charge >= 0.3 is 0 Å². The van der Waals surface area contributed by atoms with E-state index in [0.717, 1.165) is 48.3 Å². The van der Waals surface area contributed by atoms with Crippen LogP contribution in [0.25, 0.3) is 0 Å². The van der Waals surface area contributed by atoms with Crippen molar-refractivity contribution in [3.8, 4) is 5.75 Å². The van der Waals surface area contributed by atoms with Crippen molar-refractivity contribution in [2.75, 3.05) is 20.7 Å². The first-order valence-corrected chi connectivity index (χ1v) is 10.9. The van der Waals surface area contributed by atoms with Crippen molar-refractivity contribution in [1.29, 1.82) is 0 Å². The van der Waals surface area contributed by atoms with Crippen molar-refractivity contribution in [3.05, 3.63) is 65.7 Å². The van der Waals surface area contributed by atoms with Crippen LogP contribution in [0.5, 0.6) is 5.75 Å². The molecular weight excluding hydrogens is 390 g/mol. The molecule has 4 rings (SSSR count). The summed E-state index contributed by atoms with van der Waals surface area (Å²) in [5.41, 5.74) is 2.86. The van der Waals surface area contributed by atoms with E-state index in [4.69, 9.17) is 9.84 Å². The number of carbonyl (C=O) groups excluding carboxylic acids is 2. The number of likely N-dealkylation sites (N-methyl/N-ethyl adjacent to an activating group) is 1. The van der Waals surface area contributed by atoms with Crippen LogP contribution in [0, 0.1) is 5.92 Å². The Hall–Kier alpha value is -3.15. The quantitative estimate of drug-likeness (QED) is 0.710. The minimum atomic E-state index is -0.180. The minimum Gasteiger partial charge on any atom is -0.497 e. The third kappa shape index (κ3) is 4.63. The van der Waals surface area contributed by atoms with Gasteiger partial charge in [-0.05, 0) is 48.2 Å². The van der Waals surface area contributed by atoms with Gasteiger partial charge < -0.3 is 9.64 Å². The van der Waals surface area contributed by atoms with E-state index in [9.17, 15) is 9.59 Å². The molecule has 2 aromatic carbocycles. The summed E-state index contributed by atoms with van der Waals surface area (Å²) in [5.74, 6) is 0.744. The molecule has 6 heteroatoms. The van der Waals surface area contributed by atoms with Crippen LogP contribution in [0.2, 0.25) is 0 Å². The number of benzene rings is 2. The highest BCUT2D eigenvalue weighted by Gasteiger charge is 2.34. The van der Waals surface area contributed by atoms with Crippen LogP contribution in [0.1, 0.15) is 49.3 Å². The fourth-order valence-electron chi connectivity index (χ4n) is 4.47. The van der Waals surface area contributed by atoms with Crippen LogP contribution in [0.15, 0.2) is 59.7 Å². The molecule has 1 heterocycles. The second-order valence-corrected chi connectivity index (χ2v) is 8.32. The van der Waals surface area contributed by atoms with Gasteiger partial charge in [-0.25, -0.2) is 5.01 Å². The summed E-state index contributed by atoms with van der Waals surface area (Å²) < 4.78 is 5.25. The van der Waals surface area contributed by atoms with Crippen LogP contribution in [0.4, 0.5) is 0 Å². The van der Waals surface area contributed by atoms with Crippen molar-refractivity contribution in [1.82, 2.24) is 9.91 Å². The van der Waals surface area contributed by atoms with Gasteiger partial charge in [0.2, 0.25) is 5.91 Å². The number of hydrogen-bond acceptors (Lipinski definition) is 4. The van der Waals surface area contributed by atoms with Gasteiger partial charge in [0.25, 0.3) is 5.91 Å². The van der Waals surface area contributed by atoms with Crippen molar-refractivity contribution in [3.63, 3.8) is 0 Å². The highest BCUT2D eigenvalue weighted by Crippen LogP contribution is 2.33. The third-order valence-electron chi connectivity index (χ3n) is 6.23. The van der Waals surface area contributed by atoms with Crippen LogP contribution in [0.3, 0.4) is 0 Å². The van der Waals surface area contributed by atoms with Crippen LogP contribution >= 0.6 is 0 Å². The largest absolute Gasteiger partial charge is 0.497 e. The Bertz CT molecular complexity index is 950. The number of amides is 2. The Balaban J connectivity index is 1.55. The van der Waals surface area contributed by atoms with E-state index in [1.165, 1.54) is 0 Å². The van der Waals surface area contributed by atoms with Gasteiger partial charge in [-0.1, -0.05) is 43.2 Å². The lowest BCUT2D eigenvalue weighted by Crippen LogP contribution is -2.41. The summed E-state index contributed by atoms with van der Waals surface area (Å²) in [7, 11) is 3.36. The Morgan fingerprint density at radius 1 is 1.06 bits per heavy atom. The normalized spacial score (nSPS) is 18.7. The maximum absolute atomic E-state index is 13.2. The van der Waals surface area contributed by atoms with E-state index in [1.807, 2.05) is 54.6 Å². The number of nitrogens with zero attached hydrogens (tertiary/aromatic N) is 3. The van der Waals surface area contributed by atoms with Gasteiger partial charge in [0, 0.05) is 19.4 Å².